The lowest BCUT2D eigenvalue weighted by atomic mass is 9.73. The largest absolute Gasteiger partial charge is 1.00 e. The lowest BCUT2D eigenvalue weighted by molar-refractivity contribution is -0.946. The number of benzene rings is 2. The third-order valence-corrected chi connectivity index (χ3v) is 6.46. The van der Waals surface area contributed by atoms with Gasteiger partial charge in [0, 0.05) is 31.2 Å². The van der Waals surface area contributed by atoms with E-state index in [1.165, 1.54) is 16.0 Å². The Labute approximate surface area is 207 Å². The van der Waals surface area contributed by atoms with Gasteiger partial charge in [-0.15, -0.1) is 0 Å². The molecule has 176 valence electrons. The summed E-state index contributed by atoms with van der Waals surface area (Å²) in [5.41, 5.74) is 8.73. The van der Waals surface area contributed by atoms with Gasteiger partial charge in [-0.05, 0) is 35.4 Å². The van der Waals surface area contributed by atoms with E-state index in [0.717, 1.165) is 30.7 Å². The van der Waals surface area contributed by atoms with Crippen molar-refractivity contribution in [2.24, 2.45) is 5.73 Å². The molecule has 0 spiro atoms. The van der Waals surface area contributed by atoms with Gasteiger partial charge in [-0.3, -0.25) is 4.79 Å². The van der Waals surface area contributed by atoms with Gasteiger partial charge in [-0.2, -0.15) is 0 Å². The van der Waals surface area contributed by atoms with E-state index in [4.69, 9.17) is 24.7 Å². The summed E-state index contributed by atoms with van der Waals surface area (Å²) in [6.45, 7) is 0.939. The second kappa shape index (κ2) is 11.1. The van der Waals surface area contributed by atoms with Crippen LogP contribution < -0.4 is 53.6 Å². The third kappa shape index (κ3) is 5.06. The van der Waals surface area contributed by atoms with Crippen LogP contribution in [0.25, 0.3) is 0 Å². The highest BCUT2D eigenvalue weighted by molar-refractivity contribution is 5.73. The number of nitrogens with two attached hydrogens (primary N) is 1. The van der Waals surface area contributed by atoms with E-state index < -0.39 is 0 Å². The van der Waals surface area contributed by atoms with Gasteiger partial charge in [0.1, 0.15) is 5.54 Å². The predicted octanol–water partition coefficient (Wildman–Crippen LogP) is -1.50. The number of hydrogen-bond acceptors (Lipinski definition) is 5. The van der Waals surface area contributed by atoms with Crippen LogP contribution in [0.1, 0.15) is 29.5 Å². The van der Waals surface area contributed by atoms with Gasteiger partial charge in [-0.1, -0.05) is 6.07 Å². The molecule has 8 heteroatoms. The van der Waals surface area contributed by atoms with E-state index in [1.54, 1.807) is 28.4 Å². The van der Waals surface area contributed by atoms with Crippen molar-refractivity contribution in [1.29, 1.82) is 0 Å². The highest BCUT2D eigenvalue weighted by Gasteiger charge is 2.45. The molecule has 0 aromatic heterocycles. The molecule has 7 nitrogen and oxygen atoms in total. The quantitative estimate of drug-likeness (QED) is 0.368. The first-order chi connectivity index (χ1) is 14.9. The van der Waals surface area contributed by atoms with Gasteiger partial charge >= 0.3 is 0 Å². The van der Waals surface area contributed by atoms with Crippen molar-refractivity contribution in [2.75, 3.05) is 42.0 Å². The maximum atomic E-state index is 11.8. The second-order valence-corrected chi connectivity index (χ2v) is 8.06. The monoisotopic (exact) mass is 556 g/mol. The first-order valence-electron chi connectivity index (χ1n) is 10.5. The number of primary amides is 1. The van der Waals surface area contributed by atoms with Crippen molar-refractivity contribution in [1.82, 2.24) is 0 Å². The number of fused-ring (bicyclic) bond motifs is 1. The van der Waals surface area contributed by atoms with Crippen LogP contribution in [0.5, 0.6) is 23.0 Å². The van der Waals surface area contributed by atoms with Crippen molar-refractivity contribution >= 4 is 5.91 Å². The summed E-state index contributed by atoms with van der Waals surface area (Å²) in [5, 5.41) is 0. The van der Waals surface area contributed by atoms with Crippen LogP contribution in [0.4, 0.5) is 0 Å². The van der Waals surface area contributed by atoms with Crippen molar-refractivity contribution in [2.45, 2.75) is 31.2 Å². The molecule has 1 amide bonds. The Morgan fingerprint density at radius 2 is 1.56 bits per heavy atom. The summed E-state index contributed by atoms with van der Waals surface area (Å²) in [6.07, 6.45) is 2.57. The Kier molecular flexibility index (Phi) is 9.03. The van der Waals surface area contributed by atoms with E-state index in [-0.39, 0.29) is 35.4 Å². The number of methoxy groups -OCH3 is 4. The fraction of sp³-hybridized carbons (Fsp3) is 0.458. The molecule has 32 heavy (non-hydrogen) atoms. The number of hydrogen-bond donors (Lipinski definition) is 2. The predicted molar refractivity (Wildman–Crippen MR) is 118 cm³/mol. The Morgan fingerprint density at radius 1 is 0.969 bits per heavy atom. The molecule has 0 bridgehead atoms. The van der Waals surface area contributed by atoms with Crippen LogP contribution in [0, 0.1) is 0 Å². The number of halogens is 1. The van der Waals surface area contributed by atoms with Crippen LogP contribution in [0.15, 0.2) is 30.3 Å². The number of carbonyl (C=O) groups is 1. The Hall–Kier alpha value is -2.20. The maximum absolute atomic E-state index is 11.8. The van der Waals surface area contributed by atoms with Gasteiger partial charge in [0.15, 0.2) is 23.0 Å². The van der Waals surface area contributed by atoms with E-state index in [2.05, 4.69) is 25.2 Å². The molecule has 0 saturated carbocycles. The Bertz CT molecular complexity index is 952. The first-order valence-corrected chi connectivity index (χ1v) is 10.5. The number of likely N-dealkylation sites (N-methyl/N-ethyl adjacent to an activating group) is 1. The standard InChI is InChI=1S/C24H32N2O5.HI/c1-26-11-9-17-13-21(30-4)22(31-5)14-18(17)24(26,10-8-23(25)27)15-16-6-7-19(28-2)20(12-16)29-3;/h6-7,12-14H,8-11,15H2,1-5H3,(H2,25,27);1H. The summed E-state index contributed by atoms with van der Waals surface area (Å²) in [7, 11) is 8.73. The number of quaternary nitrogens is 1. The fourth-order valence-electron chi connectivity index (χ4n) is 4.72. The molecule has 0 saturated heterocycles. The summed E-state index contributed by atoms with van der Waals surface area (Å²) in [6, 6.07) is 10.1. The highest BCUT2D eigenvalue weighted by Crippen LogP contribution is 2.40. The molecule has 2 aromatic carbocycles. The molecule has 2 atom stereocenters. The lowest BCUT2D eigenvalue weighted by Gasteiger charge is -2.44. The maximum Gasteiger partial charge on any atom is 0.217 e. The minimum Gasteiger partial charge on any atom is -1.00 e. The molecule has 1 heterocycles. The molecule has 0 aliphatic carbocycles. The number of nitrogens with one attached hydrogen (secondary N) is 1. The molecular weight excluding hydrogens is 523 g/mol. The summed E-state index contributed by atoms with van der Waals surface area (Å²) < 4.78 is 22.1. The van der Waals surface area contributed by atoms with Crippen LogP contribution >= 0.6 is 0 Å². The fourth-order valence-corrected chi connectivity index (χ4v) is 4.72. The smallest absolute Gasteiger partial charge is 0.217 e. The minimum atomic E-state index is -0.345. The molecule has 2 unspecified atom stereocenters. The molecule has 3 N–H and O–H groups in total. The SMILES string of the molecule is COc1ccc(CC2(CCC(N)=O)c3cc(OC)c(OC)cc3CC[NH+]2C)cc1OC.[I-]. The Balaban J connectivity index is 0.00000363. The van der Waals surface area contributed by atoms with Gasteiger partial charge in [0.25, 0.3) is 0 Å². The molecule has 1 aliphatic rings. The average molecular weight is 556 g/mol. The third-order valence-electron chi connectivity index (χ3n) is 6.46. The zero-order valence-corrected chi connectivity index (χ0v) is 21.6. The van der Waals surface area contributed by atoms with Crippen molar-refractivity contribution in [3.63, 3.8) is 0 Å². The van der Waals surface area contributed by atoms with Crippen LogP contribution in [0.2, 0.25) is 0 Å². The van der Waals surface area contributed by atoms with Crippen LogP contribution in [-0.4, -0.2) is 47.9 Å². The van der Waals surface area contributed by atoms with E-state index in [9.17, 15) is 4.79 Å². The van der Waals surface area contributed by atoms with Gasteiger partial charge in [-0.25, -0.2) is 0 Å². The molecule has 0 fully saturated rings. The summed E-state index contributed by atoms with van der Waals surface area (Å²) in [5.74, 6) is 2.48. The molecule has 1 aliphatic heterocycles. The van der Waals surface area contributed by atoms with E-state index in [1.807, 2.05) is 12.1 Å². The van der Waals surface area contributed by atoms with Gasteiger partial charge in [0.05, 0.1) is 42.0 Å². The van der Waals surface area contributed by atoms with E-state index >= 15 is 0 Å². The number of ether oxygens (including phenoxy) is 4. The second-order valence-electron chi connectivity index (χ2n) is 8.06. The van der Waals surface area contributed by atoms with Crippen LogP contribution in [-0.2, 0) is 23.2 Å². The number of carbonyl (C=O) groups excluding carboxylic acids is 1. The van der Waals surface area contributed by atoms with Gasteiger partial charge < -0.3 is 53.6 Å². The first kappa shape index (κ1) is 26.1. The lowest BCUT2D eigenvalue weighted by Crippen LogP contribution is -3.17. The number of amides is 1. The normalized spacial score (nSPS) is 19.3. The summed E-state index contributed by atoms with van der Waals surface area (Å²) >= 11 is 0. The topological polar surface area (TPSA) is 84.5 Å². The molecule has 3 rings (SSSR count). The molecule has 2 aromatic rings. The van der Waals surface area contributed by atoms with Crippen molar-refractivity contribution in [3.05, 3.63) is 47.0 Å². The average Bonchev–Trinajstić information content (AvgIpc) is 2.78. The van der Waals surface area contributed by atoms with Gasteiger partial charge in [0.2, 0.25) is 5.91 Å². The zero-order chi connectivity index (χ0) is 22.6. The van der Waals surface area contributed by atoms with E-state index in [0.29, 0.717) is 30.1 Å². The zero-order valence-electron chi connectivity index (χ0n) is 19.4. The minimum absolute atomic E-state index is 0. The summed E-state index contributed by atoms with van der Waals surface area (Å²) in [4.78, 5) is 13.1. The van der Waals surface area contributed by atoms with Crippen molar-refractivity contribution in [3.8, 4) is 23.0 Å². The number of rotatable bonds is 9. The Morgan fingerprint density at radius 3 is 2.16 bits per heavy atom. The highest BCUT2D eigenvalue weighted by atomic mass is 127. The van der Waals surface area contributed by atoms with Crippen LogP contribution in [0.3, 0.4) is 0 Å². The van der Waals surface area contributed by atoms with Crippen molar-refractivity contribution < 1.29 is 52.6 Å². The molecular formula is C24H33IN2O5. The molecule has 0 radical (unpaired) electrons.